The monoisotopic (exact) mass is 765 g/mol. The van der Waals surface area contributed by atoms with Crippen molar-refractivity contribution in [3.05, 3.63) is 65.9 Å². The van der Waals surface area contributed by atoms with Crippen LogP contribution in [0.25, 0.3) is 32.9 Å². The minimum Gasteiger partial charge on any atom is -0.461 e. The number of piperazine rings is 1. The first-order valence-electron chi connectivity index (χ1n) is 19.5. The van der Waals surface area contributed by atoms with Crippen molar-refractivity contribution in [2.24, 2.45) is 0 Å². The first-order chi connectivity index (χ1) is 27.2. The first kappa shape index (κ1) is 35.6. The van der Waals surface area contributed by atoms with E-state index in [1.807, 2.05) is 15.9 Å². The highest BCUT2D eigenvalue weighted by atomic mass is 19.1. The third kappa shape index (κ3) is 5.81. The summed E-state index contributed by atoms with van der Waals surface area (Å²) in [5.74, 6) is 1.43. The van der Waals surface area contributed by atoms with Gasteiger partial charge in [-0.1, -0.05) is 36.3 Å². The van der Waals surface area contributed by atoms with Gasteiger partial charge in [0, 0.05) is 75.0 Å². The molecule has 1 spiro atoms. The van der Waals surface area contributed by atoms with E-state index >= 15 is 4.39 Å². The van der Waals surface area contributed by atoms with Crippen molar-refractivity contribution in [3.8, 4) is 29.6 Å². The summed E-state index contributed by atoms with van der Waals surface area (Å²) in [6.07, 6.45) is 13.3. The Morgan fingerprint density at radius 3 is 2.80 bits per heavy atom. The molecule has 56 heavy (non-hydrogen) atoms. The number of nitrogens with zero attached hydrogens (tertiary/aromatic N) is 7. The Morgan fingerprint density at radius 2 is 2.02 bits per heavy atom. The number of carbonyl (C=O) groups excluding carboxylic acids is 1. The fourth-order valence-corrected chi connectivity index (χ4v) is 10.0. The number of terminal acetylenes is 1. The molecule has 14 heteroatoms. The SMILES string of the molecule is C#Cc1c(F)ccc2cccc(-c3ncc4c(N5CCN(C(=O)/C=C/CN6C[C@H]7C[C@@H]6CO7)C6(COC6)C5)nc(OC[C@@]56CCCN5C[C@H](F)C6)nc4c3F)c12. The maximum absolute atomic E-state index is 17.1. The molecule has 6 aliphatic heterocycles. The van der Waals surface area contributed by atoms with Gasteiger partial charge >= 0.3 is 6.01 Å². The number of morpholine rings is 1. The maximum Gasteiger partial charge on any atom is 0.319 e. The molecule has 6 fully saturated rings. The summed E-state index contributed by atoms with van der Waals surface area (Å²) < 4.78 is 64.5. The number of amides is 1. The number of ether oxygens (including phenoxy) is 3. The molecule has 0 radical (unpaired) electrons. The Hall–Kier alpha value is -4.81. The largest absolute Gasteiger partial charge is 0.461 e. The van der Waals surface area contributed by atoms with Gasteiger partial charge in [-0.15, -0.1) is 6.42 Å². The van der Waals surface area contributed by atoms with E-state index in [1.165, 1.54) is 12.3 Å². The van der Waals surface area contributed by atoms with E-state index in [-0.39, 0.29) is 41.4 Å². The molecule has 4 atom stereocenters. The lowest BCUT2D eigenvalue weighted by molar-refractivity contribution is -0.164. The van der Waals surface area contributed by atoms with Crippen LogP contribution in [-0.2, 0) is 14.3 Å². The van der Waals surface area contributed by atoms with Gasteiger partial charge in [-0.25, -0.2) is 13.2 Å². The van der Waals surface area contributed by atoms with Crippen LogP contribution in [-0.4, -0.2) is 137 Å². The van der Waals surface area contributed by atoms with Crippen molar-refractivity contribution < 1.29 is 32.2 Å². The standard InChI is InChI=1S/C42H42F3N7O4/c1-2-30-33(44)10-9-26-6-3-7-31(35(26)30)37-36(45)38-32(18-46-37)39(48-40(47-38)56-25-41-11-5-13-51(41)19-27(43)17-41)50-14-15-52(42(22-50)23-54-24-42)34(53)8-4-12-49-20-29-16-28(49)21-55-29/h1,3-4,6-10,18,27-29H,5,11-17,19-25H2/b8-4+/t27-,28-,29-,41+/m1/s1. The molecule has 11 nitrogen and oxygen atoms in total. The predicted octanol–water partition coefficient (Wildman–Crippen LogP) is 4.51. The Labute approximate surface area is 322 Å². The van der Waals surface area contributed by atoms with Crippen LogP contribution in [0.5, 0.6) is 6.01 Å². The first-order valence-corrected chi connectivity index (χ1v) is 19.5. The predicted molar refractivity (Wildman–Crippen MR) is 203 cm³/mol. The molecule has 0 aliphatic carbocycles. The smallest absolute Gasteiger partial charge is 0.319 e. The molecule has 10 rings (SSSR count). The second-order valence-corrected chi connectivity index (χ2v) is 16.2. The number of hydrogen-bond acceptors (Lipinski definition) is 10. The number of aromatic nitrogens is 3. The van der Waals surface area contributed by atoms with Crippen molar-refractivity contribution in [3.63, 3.8) is 0 Å². The van der Waals surface area contributed by atoms with Crippen molar-refractivity contribution in [1.82, 2.24) is 29.7 Å². The zero-order valence-corrected chi connectivity index (χ0v) is 30.9. The molecule has 1 amide bonds. The number of pyridine rings is 1. The van der Waals surface area contributed by atoms with Gasteiger partial charge in [-0.2, -0.15) is 9.97 Å². The molecule has 8 heterocycles. The number of likely N-dealkylation sites (tertiary alicyclic amines) is 1. The molecule has 290 valence electrons. The molecule has 0 unspecified atom stereocenters. The molecule has 2 bridgehead atoms. The fraction of sp³-hybridized carbons (Fsp3) is 0.476. The van der Waals surface area contributed by atoms with Crippen molar-refractivity contribution >= 4 is 33.4 Å². The summed E-state index contributed by atoms with van der Waals surface area (Å²) in [5, 5.41) is 1.37. The summed E-state index contributed by atoms with van der Waals surface area (Å²) in [5.41, 5.74) is -0.822. The maximum atomic E-state index is 17.1. The van der Waals surface area contributed by atoms with Gasteiger partial charge in [0.05, 0.1) is 42.4 Å². The van der Waals surface area contributed by atoms with Crippen LogP contribution in [0, 0.1) is 24.0 Å². The van der Waals surface area contributed by atoms with Gasteiger partial charge in [0.1, 0.15) is 41.2 Å². The third-order valence-corrected chi connectivity index (χ3v) is 12.8. The average Bonchev–Trinajstić information content (AvgIpc) is 3.98. The Balaban J connectivity index is 0.999. The average molecular weight is 766 g/mol. The zero-order chi connectivity index (χ0) is 38.2. The third-order valence-electron chi connectivity index (χ3n) is 12.8. The number of anilines is 1. The van der Waals surface area contributed by atoms with Gasteiger partial charge in [-0.05, 0) is 37.3 Å². The fourth-order valence-electron chi connectivity index (χ4n) is 10.0. The molecule has 6 saturated heterocycles. The summed E-state index contributed by atoms with van der Waals surface area (Å²) in [6.45, 7) is 5.49. The molecule has 2 aromatic heterocycles. The van der Waals surface area contributed by atoms with Crippen LogP contribution >= 0.6 is 0 Å². The van der Waals surface area contributed by atoms with Gasteiger partial charge < -0.3 is 24.0 Å². The van der Waals surface area contributed by atoms with Gasteiger partial charge in [0.25, 0.3) is 0 Å². The summed E-state index contributed by atoms with van der Waals surface area (Å²) in [4.78, 5) is 36.2. The lowest BCUT2D eigenvalue weighted by Crippen LogP contribution is -2.72. The Kier molecular flexibility index (Phi) is 8.70. The van der Waals surface area contributed by atoms with Gasteiger partial charge in [0.2, 0.25) is 5.91 Å². The minimum atomic E-state index is -0.948. The van der Waals surface area contributed by atoms with E-state index in [0.29, 0.717) is 85.9 Å². The van der Waals surface area contributed by atoms with Crippen molar-refractivity contribution in [2.75, 3.05) is 77.1 Å². The Bertz CT molecular complexity index is 2320. The number of halogens is 3. The van der Waals surface area contributed by atoms with E-state index in [4.69, 9.17) is 25.6 Å². The van der Waals surface area contributed by atoms with E-state index in [1.54, 1.807) is 30.3 Å². The molecule has 4 aromatic rings. The van der Waals surface area contributed by atoms with E-state index in [2.05, 4.69) is 25.7 Å². The molecular weight excluding hydrogens is 724 g/mol. The summed E-state index contributed by atoms with van der Waals surface area (Å²) in [7, 11) is 0. The van der Waals surface area contributed by atoms with Crippen LogP contribution in [0.1, 0.15) is 31.2 Å². The summed E-state index contributed by atoms with van der Waals surface area (Å²) >= 11 is 0. The van der Waals surface area contributed by atoms with Crippen molar-refractivity contribution in [1.29, 1.82) is 0 Å². The Morgan fingerprint density at radius 1 is 1.12 bits per heavy atom. The number of alkyl halides is 1. The van der Waals surface area contributed by atoms with Crippen LogP contribution in [0.15, 0.2) is 48.7 Å². The molecule has 6 aliphatic rings. The lowest BCUT2D eigenvalue weighted by atomic mass is 9.91. The number of benzene rings is 2. The highest BCUT2D eigenvalue weighted by Gasteiger charge is 2.51. The number of hydrogen-bond donors (Lipinski definition) is 0. The lowest BCUT2D eigenvalue weighted by Gasteiger charge is -2.55. The molecule has 2 aromatic carbocycles. The molecule has 0 N–H and O–H groups in total. The van der Waals surface area contributed by atoms with Crippen LogP contribution in [0.3, 0.4) is 0 Å². The van der Waals surface area contributed by atoms with Gasteiger partial charge in [-0.3, -0.25) is 19.6 Å². The topological polar surface area (TPSA) is 96.4 Å². The molecule has 0 saturated carbocycles. The van der Waals surface area contributed by atoms with E-state index in [0.717, 1.165) is 39.0 Å². The normalized spacial score (nSPS) is 27.1. The minimum absolute atomic E-state index is 0.0165. The number of fused-ring (bicyclic) bond motifs is 5. The second kappa shape index (κ2) is 13.7. The van der Waals surface area contributed by atoms with Gasteiger partial charge in [0.15, 0.2) is 5.82 Å². The number of carbonyl (C=O) groups is 1. The highest BCUT2D eigenvalue weighted by molar-refractivity contribution is 6.02. The zero-order valence-electron chi connectivity index (χ0n) is 30.9. The van der Waals surface area contributed by atoms with Crippen molar-refractivity contribution in [2.45, 2.75) is 55.1 Å². The quantitative estimate of drug-likeness (QED) is 0.189. The highest BCUT2D eigenvalue weighted by Crippen LogP contribution is 2.42. The number of rotatable bonds is 8. The second-order valence-electron chi connectivity index (χ2n) is 16.2. The van der Waals surface area contributed by atoms with E-state index in [9.17, 15) is 13.6 Å². The van der Waals surface area contributed by atoms with Crippen LogP contribution in [0.4, 0.5) is 19.0 Å². The summed E-state index contributed by atoms with van der Waals surface area (Å²) in [6, 6.07) is 8.46. The van der Waals surface area contributed by atoms with E-state index < -0.39 is 28.9 Å². The van der Waals surface area contributed by atoms with Crippen LogP contribution in [0.2, 0.25) is 0 Å². The molecular formula is C42H42F3N7O4. The van der Waals surface area contributed by atoms with Crippen LogP contribution < -0.4 is 9.64 Å².